The third-order valence-corrected chi connectivity index (χ3v) is 16.4. The Balaban J connectivity index is 0.00000504. The molecule has 0 spiro atoms. The maximum Gasteiger partial charge on any atom is 0.135 e. The Bertz CT molecular complexity index is 2400. The molecule has 6 aliphatic rings. The van der Waals surface area contributed by atoms with E-state index >= 15 is 0 Å². The van der Waals surface area contributed by atoms with Crippen LogP contribution in [0, 0.1) is 23.7 Å². The van der Waals surface area contributed by atoms with Crippen molar-refractivity contribution in [3.05, 3.63) is 157 Å². The topological polar surface area (TPSA) is 44.2 Å². The molecule has 4 aromatic carbocycles. The number of quaternary nitrogens is 2. The Labute approximate surface area is 386 Å². The van der Waals surface area contributed by atoms with Gasteiger partial charge in [-0.2, -0.15) is 0 Å². The number of hydrogen-bond donors (Lipinski definition) is 0. The van der Waals surface area contributed by atoms with Gasteiger partial charge in [0, 0.05) is 71.8 Å². The number of rotatable bonds is 16. The first kappa shape index (κ1) is 44.0. The first-order chi connectivity index (χ1) is 30.4. The third kappa shape index (κ3) is 8.23. The summed E-state index contributed by atoms with van der Waals surface area (Å²) in [4.78, 5) is 9.51. The van der Waals surface area contributed by atoms with Crippen LogP contribution in [0.25, 0.3) is 32.6 Å². The number of fused-ring (bicyclic) bond motifs is 9. The van der Waals surface area contributed by atoms with Crippen molar-refractivity contribution in [3.63, 3.8) is 0 Å². The molecule has 6 aliphatic heterocycles. The summed E-state index contributed by atoms with van der Waals surface area (Å²) in [6.07, 6.45) is 15.2. The number of aromatic nitrogens is 2. The Kier molecular flexibility index (Phi) is 13.1. The van der Waals surface area contributed by atoms with Crippen LogP contribution >= 0.6 is 0 Å². The summed E-state index contributed by atoms with van der Waals surface area (Å²) in [7, 11) is 0. The highest BCUT2D eigenvalue weighted by molar-refractivity contribution is 5.84. The van der Waals surface area contributed by atoms with E-state index in [0.717, 1.165) is 56.8 Å². The summed E-state index contributed by atoms with van der Waals surface area (Å²) in [5, 5.41) is 5.10. The number of pyridine rings is 2. The molecular formula is C56H66BrN4O2+. The predicted molar refractivity (Wildman–Crippen MR) is 253 cm³/mol. The fourth-order valence-electron chi connectivity index (χ4n) is 13.5. The van der Waals surface area contributed by atoms with E-state index in [1.54, 1.807) is 0 Å². The van der Waals surface area contributed by atoms with Crippen molar-refractivity contribution in [2.45, 2.75) is 89.8 Å². The highest BCUT2D eigenvalue weighted by atomic mass is 79.9. The molecule has 0 aliphatic carbocycles. The van der Waals surface area contributed by atoms with Crippen LogP contribution in [-0.2, 0) is 22.6 Å². The number of piperidine rings is 6. The van der Waals surface area contributed by atoms with Gasteiger partial charge in [0.2, 0.25) is 0 Å². The Morgan fingerprint density at radius 1 is 0.619 bits per heavy atom. The number of benzene rings is 4. The van der Waals surface area contributed by atoms with E-state index in [9.17, 15) is 0 Å². The molecule has 0 radical (unpaired) electrons. The molecule has 12 rings (SSSR count). The van der Waals surface area contributed by atoms with Gasteiger partial charge in [0.05, 0.1) is 50.4 Å². The standard InChI is InChI=1S/C56H66N4O2.BrH/c1-5-29-61-55(49-21-25-57-51-15-11-9-13-47(49)51)53-33-44-23-27-59(53,37-41(44)7-3)35-39-17-19-43-20-18-40(32-46(43)31-39)36-60-28-24-45(42(8-4)38-60)34-54(60)56(62-30-6-2)50-22-26-58-52-16-12-10-14-48(50)52;/h5-6,9-22,25-26,31-32,41-42,44-45,53-56H,1-2,7-8,23-24,27-30,33-38H2,3-4H3;1H/q+2;/p-1/t41?,42?,44?,45?,53?,54?,55-,56-,59?,60?;/m1./s1. The first-order valence-electron chi connectivity index (χ1n) is 23.8. The normalized spacial score (nSPS) is 28.5. The molecule has 0 N–H and O–H groups in total. The van der Waals surface area contributed by atoms with Gasteiger partial charge in [-0.15, -0.1) is 13.2 Å². The van der Waals surface area contributed by atoms with Crippen LogP contribution in [0.15, 0.2) is 135 Å². The van der Waals surface area contributed by atoms with Gasteiger partial charge in [0.15, 0.2) is 0 Å². The van der Waals surface area contributed by atoms with E-state index in [0.29, 0.717) is 25.3 Å². The Morgan fingerprint density at radius 3 is 1.52 bits per heavy atom. The van der Waals surface area contributed by atoms with Crippen LogP contribution in [0.2, 0.25) is 0 Å². The number of hydrogen-bond acceptors (Lipinski definition) is 4. The van der Waals surface area contributed by atoms with Crippen molar-refractivity contribution in [3.8, 4) is 0 Å². The molecule has 0 saturated carbocycles. The van der Waals surface area contributed by atoms with E-state index in [1.807, 2.05) is 24.5 Å². The van der Waals surface area contributed by atoms with Gasteiger partial charge in [-0.25, -0.2) is 0 Å². The van der Waals surface area contributed by atoms with Crippen molar-refractivity contribution >= 4 is 32.6 Å². The van der Waals surface area contributed by atoms with Gasteiger partial charge in [-0.05, 0) is 83.0 Å². The molecule has 8 unspecified atom stereocenters. The number of para-hydroxylation sites is 2. The lowest BCUT2D eigenvalue weighted by atomic mass is 9.70. The van der Waals surface area contributed by atoms with Gasteiger partial charge in [-0.3, -0.25) is 9.97 Å². The fourth-order valence-corrected chi connectivity index (χ4v) is 13.5. The van der Waals surface area contributed by atoms with Crippen LogP contribution in [-0.4, -0.2) is 70.4 Å². The van der Waals surface area contributed by atoms with Crippen molar-refractivity contribution in [1.29, 1.82) is 0 Å². The summed E-state index contributed by atoms with van der Waals surface area (Å²) >= 11 is 0. The van der Waals surface area contributed by atoms with Crippen LogP contribution in [0.5, 0.6) is 0 Å². The molecule has 4 bridgehead atoms. The first-order valence-corrected chi connectivity index (χ1v) is 23.8. The molecule has 10 atom stereocenters. The summed E-state index contributed by atoms with van der Waals surface area (Å²) in [6, 6.07) is 37.1. The molecule has 0 amide bonds. The van der Waals surface area contributed by atoms with Gasteiger partial charge in [-0.1, -0.05) is 86.7 Å². The number of halogens is 1. The minimum Gasteiger partial charge on any atom is -1.00 e. The van der Waals surface area contributed by atoms with Gasteiger partial charge >= 0.3 is 0 Å². The smallest absolute Gasteiger partial charge is 0.135 e. The number of nitrogens with zero attached hydrogens (tertiary/aromatic N) is 4. The second-order valence-electron chi connectivity index (χ2n) is 19.5. The van der Waals surface area contributed by atoms with E-state index < -0.39 is 0 Å². The largest absolute Gasteiger partial charge is 1.00 e. The van der Waals surface area contributed by atoms with Crippen molar-refractivity contribution < 1.29 is 35.4 Å². The summed E-state index contributed by atoms with van der Waals surface area (Å²) in [6.45, 7) is 20.9. The Morgan fingerprint density at radius 2 is 1.08 bits per heavy atom. The lowest BCUT2D eigenvalue weighted by Crippen LogP contribution is -3.00. The molecule has 328 valence electrons. The highest BCUT2D eigenvalue weighted by Gasteiger charge is 2.56. The zero-order valence-corrected chi connectivity index (χ0v) is 39.0. The van der Waals surface area contributed by atoms with Crippen LogP contribution < -0.4 is 17.0 Å². The molecule has 7 heteroatoms. The summed E-state index contributed by atoms with van der Waals surface area (Å²) in [5.74, 6) is 2.98. The molecule has 6 aromatic rings. The van der Waals surface area contributed by atoms with E-state index in [4.69, 9.17) is 19.4 Å². The number of ether oxygens (including phenoxy) is 2. The highest BCUT2D eigenvalue weighted by Crippen LogP contribution is 2.51. The maximum atomic E-state index is 6.92. The Hall–Kier alpha value is -4.24. The van der Waals surface area contributed by atoms with E-state index in [1.165, 1.54) is 109 Å². The maximum absolute atomic E-state index is 6.92. The zero-order chi connectivity index (χ0) is 42.3. The molecular weight excluding hydrogens is 841 g/mol. The van der Waals surface area contributed by atoms with Crippen LogP contribution in [0.1, 0.15) is 86.8 Å². The molecule has 6 fully saturated rings. The quantitative estimate of drug-likeness (QED) is 0.0719. The van der Waals surface area contributed by atoms with Crippen molar-refractivity contribution in [2.24, 2.45) is 23.7 Å². The minimum atomic E-state index is -0.0273. The summed E-state index contributed by atoms with van der Waals surface area (Å²) in [5.41, 5.74) is 7.51. The lowest BCUT2D eigenvalue weighted by molar-refractivity contribution is -0.986. The molecule has 6 nitrogen and oxygen atoms in total. The lowest BCUT2D eigenvalue weighted by Gasteiger charge is -2.59. The van der Waals surface area contributed by atoms with E-state index in [-0.39, 0.29) is 29.2 Å². The fraction of sp³-hybridized carbons (Fsp3) is 0.429. The predicted octanol–water partition coefficient (Wildman–Crippen LogP) is 9.10. The molecule has 8 heterocycles. The van der Waals surface area contributed by atoms with Gasteiger partial charge in [0.25, 0.3) is 0 Å². The SMILES string of the molecule is C=CCO[C@H](c1ccnc2ccccc12)C1CC2CC[N+]1(Cc1ccc3ccc(C[N+]45CCC(CC4[C@H](OCC=C)c4ccnc6ccccc46)C(CC)C5)cc3c1)CC2CC.[Br-]. The van der Waals surface area contributed by atoms with Crippen LogP contribution in [0.3, 0.4) is 0 Å². The minimum absolute atomic E-state index is 0. The molecule has 2 aromatic heterocycles. The van der Waals surface area contributed by atoms with Crippen molar-refractivity contribution in [2.75, 3.05) is 39.4 Å². The molecule has 63 heavy (non-hydrogen) atoms. The molecule has 6 saturated heterocycles. The summed E-state index contributed by atoms with van der Waals surface area (Å²) < 4.78 is 16.0. The zero-order valence-electron chi connectivity index (χ0n) is 37.5. The average molecular weight is 907 g/mol. The third-order valence-electron chi connectivity index (χ3n) is 16.4. The van der Waals surface area contributed by atoms with Gasteiger partial charge in [0.1, 0.15) is 37.4 Å². The van der Waals surface area contributed by atoms with E-state index in [2.05, 4.69) is 124 Å². The van der Waals surface area contributed by atoms with Crippen molar-refractivity contribution in [1.82, 2.24) is 9.97 Å². The van der Waals surface area contributed by atoms with Crippen LogP contribution in [0.4, 0.5) is 0 Å². The second-order valence-corrected chi connectivity index (χ2v) is 19.5. The second kappa shape index (κ2) is 18.7. The monoisotopic (exact) mass is 905 g/mol. The average Bonchev–Trinajstić information content (AvgIpc) is 3.32. The van der Waals surface area contributed by atoms with Gasteiger partial charge < -0.3 is 35.4 Å².